The highest BCUT2D eigenvalue weighted by molar-refractivity contribution is 6.04. The Balaban J connectivity index is 2.38. The van der Waals surface area contributed by atoms with Crippen molar-refractivity contribution >= 4 is 11.7 Å². The molecule has 0 aliphatic rings. The van der Waals surface area contributed by atoms with Gasteiger partial charge < -0.3 is 14.8 Å². The first-order chi connectivity index (χ1) is 12.5. The van der Waals surface area contributed by atoms with E-state index in [4.69, 9.17) is 14.6 Å². The number of nitrogens with zero attached hydrogens (tertiary/aromatic N) is 2. The second-order valence-corrected chi connectivity index (χ2v) is 8.50. The molecule has 0 saturated heterocycles. The van der Waals surface area contributed by atoms with Crippen molar-refractivity contribution in [1.29, 1.82) is 0 Å². The number of methoxy groups -OCH3 is 1. The van der Waals surface area contributed by atoms with Crippen LogP contribution in [-0.4, -0.2) is 29.4 Å². The largest absolute Gasteiger partial charge is 0.493 e. The molecular weight excluding hydrogens is 342 g/mol. The van der Waals surface area contributed by atoms with Crippen LogP contribution in [0.3, 0.4) is 0 Å². The molecule has 1 amide bonds. The number of hydrogen-bond donors (Lipinski definition) is 1. The van der Waals surface area contributed by atoms with Crippen molar-refractivity contribution in [2.45, 2.75) is 59.4 Å². The minimum Gasteiger partial charge on any atom is -0.493 e. The lowest BCUT2D eigenvalue weighted by molar-refractivity contribution is 0.102. The van der Waals surface area contributed by atoms with Crippen LogP contribution in [0, 0.1) is 0 Å². The Bertz CT molecular complexity index is 811. The van der Waals surface area contributed by atoms with E-state index in [2.05, 4.69) is 46.9 Å². The van der Waals surface area contributed by atoms with E-state index in [1.54, 1.807) is 25.3 Å². The van der Waals surface area contributed by atoms with E-state index in [0.29, 0.717) is 29.5 Å². The molecule has 0 bridgehead atoms. The van der Waals surface area contributed by atoms with Crippen molar-refractivity contribution in [1.82, 2.24) is 9.78 Å². The molecule has 2 aromatic rings. The third kappa shape index (κ3) is 4.81. The third-order valence-electron chi connectivity index (χ3n) is 4.08. The molecule has 0 atom stereocenters. The van der Waals surface area contributed by atoms with Crippen LogP contribution in [0.15, 0.2) is 24.3 Å². The molecule has 0 spiro atoms. The van der Waals surface area contributed by atoms with Gasteiger partial charge in [0.25, 0.3) is 5.91 Å². The van der Waals surface area contributed by atoms with Gasteiger partial charge in [-0.15, -0.1) is 0 Å². The molecule has 0 radical (unpaired) electrons. The van der Waals surface area contributed by atoms with Gasteiger partial charge >= 0.3 is 0 Å². The lowest BCUT2D eigenvalue weighted by Gasteiger charge is -2.23. The highest BCUT2D eigenvalue weighted by atomic mass is 16.5. The number of anilines is 1. The van der Waals surface area contributed by atoms with Crippen LogP contribution in [0.2, 0.25) is 0 Å². The van der Waals surface area contributed by atoms with Gasteiger partial charge in [-0.25, -0.2) is 4.68 Å². The quantitative estimate of drug-likeness (QED) is 0.832. The van der Waals surface area contributed by atoms with Crippen LogP contribution < -0.4 is 14.8 Å². The van der Waals surface area contributed by atoms with Crippen molar-refractivity contribution in [3.8, 4) is 11.5 Å². The molecule has 0 aliphatic heterocycles. The van der Waals surface area contributed by atoms with E-state index in [-0.39, 0.29) is 16.9 Å². The van der Waals surface area contributed by atoms with Gasteiger partial charge in [-0.05, 0) is 45.9 Å². The van der Waals surface area contributed by atoms with Crippen LogP contribution in [0.5, 0.6) is 11.5 Å². The van der Waals surface area contributed by atoms with Crippen molar-refractivity contribution in [2.75, 3.05) is 19.0 Å². The Morgan fingerprint density at radius 2 is 1.78 bits per heavy atom. The number of aromatic nitrogens is 2. The Hall–Kier alpha value is -2.50. The summed E-state index contributed by atoms with van der Waals surface area (Å²) in [5.74, 6) is 1.60. The average Bonchev–Trinajstić information content (AvgIpc) is 2.99. The predicted molar refractivity (Wildman–Crippen MR) is 108 cm³/mol. The molecule has 0 aliphatic carbocycles. The fourth-order valence-electron chi connectivity index (χ4n) is 2.62. The molecule has 6 nitrogen and oxygen atoms in total. The van der Waals surface area contributed by atoms with Gasteiger partial charge in [0.2, 0.25) is 0 Å². The predicted octanol–water partition coefficient (Wildman–Crippen LogP) is 4.60. The number of ether oxygens (including phenoxy) is 2. The molecule has 1 aromatic carbocycles. The fourth-order valence-corrected chi connectivity index (χ4v) is 2.62. The van der Waals surface area contributed by atoms with Gasteiger partial charge in [-0.2, -0.15) is 5.10 Å². The molecule has 0 unspecified atom stereocenters. The number of amides is 1. The summed E-state index contributed by atoms with van der Waals surface area (Å²) in [4.78, 5) is 12.9. The zero-order valence-electron chi connectivity index (χ0n) is 17.6. The first-order valence-corrected chi connectivity index (χ1v) is 9.20. The van der Waals surface area contributed by atoms with Gasteiger partial charge in [-0.3, -0.25) is 4.79 Å². The summed E-state index contributed by atoms with van der Waals surface area (Å²) < 4.78 is 12.7. The maximum Gasteiger partial charge on any atom is 0.256 e. The standard InChI is InChI=1S/C21H31N3O3/c1-9-27-16-12-14(10-11-15(16)26-8)19(25)22-18-13-17(20(2,3)4)23-24(18)21(5,6)7/h10-13H,9H2,1-8H3,(H,22,25). The minimum atomic E-state index is -0.261. The maximum absolute atomic E-state index is 12.9. The molecule has 6 heteroatoms. The molecule has 1 aromatic heterocycles. The van der Waals surface area contributed by atoms with E-state index in [1.165, 1.54) is 0 Å². The van der Waals surface area contributed by atoms with Crippen molar-refractivity contribution < 1.29 is 14.3 Å². The smallest absolute Gasteiger partial charge is 0.256 e. The zero-order valence-corrected chi connectivity index (χ0v) is 17.6. The third-order valence-corrected chi connectivity index (χ3v) is 4.08. The monoisotopic (exact) mass is 373 g/mol. The molecule has 2 rings (SSSR count). The summed E-state index contributed by atoms with van der Waals surface area (Å²) in [7, 11) is 1.58. The van der Waals surface area contributed by atoms with Crippen LogP contribution in [0.1, 0.15) is 64.5 Å². The van der Waals surface area contributed by atoms with Crippen molar-refractivity contribution in [3.05, 3.63) is 35.5 Å². The van der Waals surface area contributed by atoms with Gasteiger partial charge in [-0.1, -0.05) is 20.8 Å². The van der Waals surface area contributed by atoms with Gasteiger partial charge in [0.05, 0.1) is 24.9 Å². The van der Waals surface area contributed by atoms with E-state index in [1.807, 2.05) is 17.7 Å². The Morgan fingerprint density at radius 1 is 1.11 bits per heavy atom. The highest BCUT2D eigenvalue weighted by Gasteiger charge is 2.26. The summed E-state index contributed by atoms with van der Waals surface area (Å²) in [5, 5.41) is 7.73. The van der Waals surface area contributed by atoms with Crippen LogP contribution >= 0.6 is 0 Å². The second kappa shape index (κ2) is 7.62. The number of hydrogen-bond acceptors (Lipinski definition) is 4. The van der Waals surface area contributed by atoms with Gasteiger partial charge in [0.15, 0.2) is 11.5 Å². The first-order valence-electron chi connectivity index (χ1n) is 9.20. The number of carbonyl (C=O) groups excluding carboxylic acids is 1. The SMILES string of the molecule is CCOc1cc(C(=O)Nc2cc(C(C)(C)C)nn2C(C)(C)C)ccc1OC. The maximum atomic E-state index is 12.9. The lowest BCUT2D eigenvalue weighted by Crippen LogP contribution is -2.27. The Labute approximate surface area is 161 Å². The van der Waals surface area contributed by atoms with Crippen LogP contribution in [-0.2, 0) is 11.0 Å². The van der Waals surface area contributed by atoms with E-state index in [0.717, 1.165) is 5.69 Å². The molecule has 27 heavy (non-hydrogen) atoms. The van der Waals surface area contributed by atoms with Crippen LogP contribution in [0.4, 0.5) is 5.82 Å². The van der Waals surface area contributed by atoms with Crippen molar-refractivity contribution in [3.63, 3.8) is 0 Å². The number of benzene rings is 1. The summed E-state index contributed by atoms with van der Waals surface area (Å²) in [6.07, 6.45) is 0. The van der Waals surface area contributed by atoms with E-state index < -0.39 is 0 Å². The van der Waals surface area contributed by atoms with Gasteiger partial charge in [0.1, 0.15) is 5.82 Å². The molecule has 1 heterocycles. The van der Waals surface area contributed by atoms with Crippen molar-refractivity contribution in [2.24, 2.45) is 0 Å². The normalized spacial score (nSPS) is 12.0. The summed E-state index contributed by atoms with van der Waals surface area (Å²) in [6.45, 7) is 14.9. The zero-order chi connectivity index (χ0) is 20.4. The summed E-state index contributed by atoms with van der Waals surface area (Å²) in [6, 6.07) is 7.09. The lowest BCUT2D eigenvalue weighted by atomic mass is 9.92. The summed E-state index contributed by atoms with van der Waals surface area (Å²) in [5.41, 5.74) is 1.05. The Morgan fingerprint density at radius 3 is 2.30 bits per heavy atom. The molecule has 148 valence electrons. The number of rotatable bonds is 5. The second-order valence-electron chi connectivity index (χ2n) is 8.50. The molecule has 1 N–H and O–H groups in total. The molecular formula is C21H31N3O3. The van der Waals surface area contributed by atoms with Gasteiger partial charge in [0, 0.05) is 17.0 Å². The topological polar surface area (TPSA) is 65.4 Å². The average molecular weight is 373 g/mol. The Kier molecular flexibility index (Phi) is 5.88. The first kappa shape index (κ1) is 20.8. The van der Waals surface area contributed by atoms with Crippen LogP contribution in [0.25, 0.3) is 0 Å². The van der Waals surface area contributed by atoms with E-state index >= 15 is 0 Å². The number of carbonyl (C=O) groups is 1. The molecule has 0 fully saturated rings. The highest BCUT2D eigenvalue weighted by Crippen LogP contribution is 2.30. The fraction of sp³-hybridized carbons (Fsp3) is 0.524. The molecule has 0 saturated carbocycles. The summed E-state index contributed by atoms with van der Waals surface area (Å²) >= 11 is 0. The van der Waals surface area contributed by atoms with E-state index in [9.17, 15) is 4.79 Å². The number of nitrogens with one attached hydrogen (secondary N) is 1. The minimum absolute atomic E-state index is 0.113.